The molecular weight excluding hydrogens is 306 g/mol. The number of benzene rings is 1. The smallest absolute Gasteiger partial charge is 0.313 e. The van der Waals surface area contributed by atoms with Crippen molar-refractivity contribution in [1.29, 1.82) is 0 Å². The second-order valence-corrected chi connectivity index (χ2v) is 5.94. The molecule has 118 valence electrons. The Balaban J connectivity index is 2.36. The standard InChI is InChI=1S/C15H18ClF4N/c1-21-14(11-8-9(17)6-7-13(11)16)10-4-2-3-5-12(10)15(18,19)20/h6-8,10,12,14,21H,2-5H2,1H3. The van der Waals surface area contributed by atoms with Crippen molar-refractivity contribution in [2.24, 2.45) is 11.8 Å². The third kappa shape index (κ3) is 3.69. The number of alkyl halides is 3. The summed E-state index contributed by atoms with van der Waals surface area (Å²) in [5.41, 5.74) is 0.403. The summed E-state index contributed by atoms with van der Waals surface area (Å²) in [5, 5.41) is 3.20. The van der Waals surface area contributed by atoms with Crippen LogP contribution in [0.5, 0.6) is 0 Å². The Hall–Kier alpha value is -0.810. The van der Waals surface area contributed by atoms with E-state index in [1.165, 1.54) is 18.2 Å². The Morgan fingerprint density at radius 1 is 1.24 bits per heavy atom. The average molecular weight is 324 g/mol. The third-order valence-electron chi connectivity index (χ3n) is 4.27. The van der Waals surface area contributed by atoms with E-state index in [0.29, 0.717) is 23.4 Å². The zero-order valence-corrected chi connectivity index (χ0v) is 12.4. The molecule has 21 heavy (non-hydrogen) atoms. The Morgan fingerprint density at radius 2 is 1.90 bits per heavy atom. The van der Waals surface area contributed by atoms with Crippen LogP contribution in [0.4, 0.5) is 17.6 Å². The van der Waals surface area contributed by atoms with E-state index in [1.54, 1.807) is 7.05 Å². The maximum Gasteiger partial charge on any atom is 0.392 e. The molecule has 6 heteroatoms. The van der Waals surface area contributed by atoms with Crippen LogP contribution >= 0.6 is 11.6 Å². The van der Waals surface area contributed by atoms with Crippen molar-refractivity contribution < 1.29 is 17.6 Å². The van der Waals surface area contributed by atoms with Crippen molar-refractivity contribution in [3.05, 3.63) is 34.6 Å². The molecule has 1 aromatic carbocycles. The molecule has 0 radical (unpaired) electrons. The summed E-state index contributed by atoms with van der Waals surface area (Å²) in [4.78, 5) is 0. The molecule has 3 unspecified atom stereocenters. The lowest BCUT2D eigenvalue weighted by atomic mass is 9.73. The van der Waals surface area contributed by atoms with Crippen LogP contribution in [0.1, 0.15) is 37.3 Å². The lowest BCUT2D eigenvalue weighted by Gasteiger charge is -2.38. The molecule has 1 saturated carbocycles. The quantitative estimate of drug-likeness (QED) is 0.762. The Bertz CT molecular complexity index is 489. The van der Waals surface area contributed by atoms with Gasteiger partial charge in [0, 0.05) is 11.1 Å². The molecule has 0 aromatic heterocycles. The van der Waals surface area contributed by atoms with E-state index >= 15 is 0 Å². The van der Waals surface area contributed by atoms with Gasteiger partial charge in [-0.3, -0.25) is 0 Å². The second-order valence-electron chi connectivity index (χ2n) is 5.53. The van der Waals surface area contributed by atoms with Gasteiger partial charge in [0.05, 0.1) is 5.92 Å². The molecule has 0 spiro atoms. The minimum Gasteiger partial charge on any atom is -0.313 e. The first-order valence-corrected chi connectivity index (χ1v) is 7.41. The van der Waals surface area contributed by atoms with E-state index < -0.39 is 29.9 Å². The lowest BCUT2D eigenvalue weighted by molar-refractivity contribution is -0.199. The molecule has 0 saturated heterocycles. The molecule has 1 nitrogen and oxygen atoms in total. The summed E-state index contributed by atoms with van der Waals surface area (Å²) in [5.74, 6) is -2.49. The third-order valence-corrected chi connectivity index (χ3v) is 4.62. The molecule has 0 aliphatic heterocycles. The van der Waals surface area contributed by atoms with Crippen LogP contribution in [0.2, 0.25) is 5.02 Å². The number of hydrogen-bond acceptors (Lipinski definition) is 1. The minimum absolute atomic E-state index is 0.124. The van der Waals surface area contributed by atoms with E-state index in [9.17, 15) is 17.6 Å². The van der Waals surface area contributed by atoms with Crippen molar-refractivity contribution in [2.75, 3.05) is 7.05 Å². The number of nitrogens with one attached hydrogen (secondary N) is 1. The number of hydrogen-bond donors (Lipinski definition) is 1. The molecule has 1 N–H and O–H groups in total. The van der Waals surface area contributed by atoms with E-state index in [2.05, 4.69) is 5.32 Å². The van der Waals surface area contributed by atoms with Gasteiger partial charge in [0.1, 0.15) is 5.82 Å². The Labute approximate surface area is 126 Å². The van der Waals surface area contributed by atoms with Crippen molar-refractivity contribution in [2.45, 2.75) is 37.9 Å². The molecule has 0 amide bonds. The van der Waals surface area contributed by atoms with Crippen molar-refractivity contribution in [3.8, 4) is 0 Å². The van der Waals surface area contributed by atoms with E-state index in [1.807, 2.05) is 0 Å². The van der Waals surface area contributed by atoms with Gasteiger partial charge in [-0.15, -0.1) is 0 Å². The summed E-state index contributed by atoms with van der Waals surface area (Å²) in [7, 11) is 1.59. The molecule has 1 aliphatic carbocycles. The molecule has 1 fully saturated rings. The molecule has 0 bridgehead atoms. The van der Waals surface area contributed by atoms with Gasteiger partial charge in [0.25, 0.3) is 0 Å². The van der Waals surface area contributed by atoms with Gasteiger partial charge in [-0.2, -0.15) is 13.2 Å². The highest BCUT2D eigenvalue weighted by Gasteiger charge is 2.48. The molecular formula is C15H18ClF4N. The van der Waals surface area contributed by atoms with Crippen LogP contribution in [-0.4, -0.2) is 13.2 Å². The van der Waals surface area contributed by atoms with Gasteiger partial charge in [-0.05, 0) is 49.6 Å². The fourth-order valence-electron chi connectivity index (χ4n) is 3.32. The monoisotopic (exact) mass is 323 g/mol. The normalized spacial score (nSPS) is 24.9. The van der Waals surface area contributed by atoms with Crippen molar-refractivity contribution in [3.63, 3.8) is 0 Å². The van der Waals surface area contributed by atoms with Gasteiger partial charge >= 0.3 is 6.18 Å². The number of rotatable bonds is 3. The summed E-state index contributed by atoms with van der Waals surface area (Å²) in [6.07, 6.45) is -2.32. The van der Waals surface area contributed by atoms with E-state index in [4.69, 9.17) is 11.6 Å². The molecule has 0 heterocycles. The van der Waals surface area contributed by atoms with Crippen LogP contribution in [0.3, 0.4) is 0 Å². The Morgan fingerprint density at radius 3 is 2.52 bits per heavy atom. The molecule has 1 aromatic rings. The van der Waals surface area contributed by atoms with Gasteiger partial charge in [-0.1, -0.05) is 24.4 Å². The zero-order chi connectivity index (χ0) is 15.6. The first-order valence-electron chi connectivity index (χ1n) is 7.03. The van der Waals surface area contributed by atoms with Crippen molar-refractivity contribution in [1.82, 2.24) is 5.32 Å². The fraction of sp³-hybridized carbons (Fsp3) is 0.600. The van der Waals surface area contributed by atoms with Crippen molar-refractivity contribution >= 4 is 11.6 Å². The Kier molecular flexibility index (Phi) is 5.15. The second kappa shape index (κ2) is 6.53. The van der Waals surface area contributed by atoms with Crippen LogP contribution < -0.4 is 5.32 Å². The minimum atomic E-state index is -4.24. The fourth-order valence-corrected chi connectivity index (χ4v) is 3.55. The van der Waals surface area contributed by atoms with Crippen LogP contribution in [0.15, 0.2) is 18.2 Å². The molecule has 1 aliphatic rings. The molecule has 2 rings (SSSR count). The summed E-state index contributed by atoms with van der Waals surface area (Å²) in [6, 6.07) is 3.23. The first kappa shape index (κ1) is 16.6. The highest BCUT2D eigenvalue weighted by Crippen LogP contribution is 2.47. The van der Waals surface area contributed by atoms with Gasteiger partial charge < -0.3 is 5.32 Å². The predicted octanol–water partition coefficient (Wildman–Crippen LogP) is 5.11. The predicted molar refractivity (Wildman–Crippen MR) is 74.7 cm³/mol. The highest BCUT2D eigenvalue weighted by atomic mass is 35.5. The van der Waals surface area contributed by atoms with Crippen LogP contribution in [-0.2, 0) is 0 Å². The topological polar surface area (TPSA) is 12.0 Å². The average Bonchev–Trinajstić information content (AvgIpc) is 2.43. The first-order chi connectivity index (χ1) is 9.84. The lowest BCUT2D eigenvalue weighted by Crippen LogP contribution is -2.40. The molecule has 3 atom stereocenters. The summed E-state index contributed by atoms with van der Waals surface area (Å²) in [6.45, 7) is 0. The van der Waals surface area contributed by atoms with Gasteiger partial charge in [0.15, 0.2) is 0 Å². The largest absolute Gasteiger partial charge is 0.392 e. The summed E-state index contributed by atoms with van der Waals surface area (Å²) < 4.78 is 53.2. The SMILES string of the molecule is CNC(c1cc(F)ccc1Cl)C1CCCCC1C(F)(F)F. The van der Waals surface area contributed by atoms with E-state index in [0.717, 1.165) is 6.42 Å². The van der Waals surface area contributed by atoms with Crippen LogP contribution in [0, 0.1) is 17.7 Å². The summed E-state index contributed by atoms with van der Waals surface area (Å²) >= 11 is 6.06. The van der Waals surface area contributed by atoms with Gasteiger partial charge in [0.2, 0.25) is 0 Å². The van der Waals surface area contributed by atoms with Crippen LogP contribution in [0.25, 0.3) is 0 Å². The number of halogens is 5. The maximum absolute atomic E-state index is 13.4. The zero-order valence-electron chi connectivity index (χ0n) is 11.7. The maximum atomic E-state index is 13.4. The highest BCUT2D eigenvalue weighted by molar-refractivity contribution is 6.31. The van der Waals surface area contributed by atoms with E-state index in [-0.39, 0.29) is 6.42 Å². The van der Waals surface area contributed by atoms with Gasteiger partial charge in [-0.25, -0.2) is 4.39 Å².